The molecule has 0 aliphatic rings. The maximum absolute atomic E-state index is 12.1. The summed E-state index contributed by atoms with van der Waals surface area (Å²) in [6.07, 6.45) is -0.113. The van der Waals surface area contributed by atoms with Gasteiger partial charge in [-0.05, 0) is 13.0 Å². The van der Waals surface area contributed by atoms with E-state index in [2.05, 4.69) is 4.98 Å². The van der Waals surface area contributed by atoms with E-state index < -0.39 is 16.8 Å². The van der Waals surface area contributed by atoms with E-state index >= 15 is 0 Å². The Morgan fingerprint density at radius 1 is 1.33 bits per heavy atom. The third kappa shape index (κ3) is 3.73. The lowest BCUT2D eigenvalue weighted by atomic mass is 10.00. The summed E-state index contributed by atoms with van der Waals surface area (Å²) in [4.78, 5) is 27.1. The normalized spacial score (nSPS) is 11.3. The van der Waals surface area contributed by atoms with Crippen LogP contribution in [0.3, 0.4) is 0 Å². The highest BCUT2D eigenvalue weighted by atomic mass is 16.6. The quantitative estimate of drug-likeness (QED) is 0.458. The highest BCUT2D eigenvalue weighted by Crippen LogP contribution is 2.30. The van der Waals surface area contributed by atoms with Gasteiger partial charge in [0.1, 0.15) is 11.6 Å². The molecule has 0 radical (unpaired) electrons. The number of pyridine rings is 1. The number of hydrogen-bond donors (Lipinski definition) is 0. The summed E-state index contributed by atoms with van der Waals surface area (Å²) >= 11 is 0. The smallest absolute Gasteiger partial charge is 0.316 e. The molecular formula is C17H15N3O4. The van der Waals surface area contributed by atoms with Crippen LogP contribution in [-0.4, -0.2) is 22.5 Å². The number of rotatable bonds is 6. The van der Waals surface area contributed by atoms with Gasteiger partial charge in [-0.15, -0.1) is 0 Å². The summed E-state index contributed by atoms with van der Waals surface area (Å²) in [5, 5.41) is 20.2. The Bertz CT molecular complexity index is 784. The molecule has 1 heterocycles. The first-order valence-electron chi connectivity index (χ1n) is 7.32. The number of nitrogens with zero attached hydrogens (tertiary/aromatic N) is 3. The van der Waals surface area contributed by atoms with E-state index in [1.54, 1.807) is 37.3 Å². The lowest BCUT2D eigenvalue weighted by Crippen LogP contribution is -2.17. The van der Waals surface area contributed by atoms with Gasteiger partial charge in [-0.25, -0.2) is 4.98 Å². The van der Waals surface area contributed by atoms with E-state index in [1.165, 1.54) is 12.1 Å². The third-order valence-electron chi connectivity index (χ3n) is 3.36. The molecule has 0 fully saturated rings. The summed E-state index contributed by atoms with van der Waals surface area (Å²) < 4.78 is 4.97. The van der Waals surface area contributed by atoms with Crippen molar-refractivity contribution < 1.29 is 14.5 Å². The van der Waals surface area contributed by atoms with Crippen molar-refractivity contribution in [3.63, 3.8) is 0 Å². The highest BCUT2D eigenvalue weighted by Gasteiger charge is 2.26. The topological polar surface area (TPSA) is 106 Å². The summed E-state index contributed by atoms with van der Waals surface area (Å²) in [5.41, 5.74) is 0.833. The molecule has 7 nitrogen and oxygen atoms in total. The molecule has 2 aromatic rings. The maximum atomic E-state index is 12.1. The minimum Gasteiger partial charge on any atom is -0.465 e. The molecule has 1 aromatic carbocycles. The van der Waals surface area contributed by atoms with Crippen molar-refractivity contribution in [2.45, 2.75) is 19.3 Å². The van der Waals surface area contributed by atoms with Crippen molar-refractivity contribution in [2.75, 3.05) is 6.61 Å². The SMILES string of the molecule is CCOC(=O)C(CC#N)c1ccc([N+](=O)[O-])c(-c2ccccc2)n1. The molecule has 1 aromatic heterocycles. The van der Waals surface area contributed by atoms with E-state index in [-0.39, 0.29) is 30.1 Å². The summed E-state index contributed by atoms with van der Waals surface area (Å²) in [6, 6.07) is 13.3. The number of aromatic nitrogens is 1. The molecule has 1 atom stereocenters. The lowest BCUT2D eigenvalue weighted by molar-refractivity contribution is -0.384. The number of esters is 1. The van der Waals surface area contributed by atoms with E-state index in [1.807, 2.05) is 6.07 Å². The van der Waals surface area contributed by atoms with Crippen LogP contribution in [0.15, 0.2) is 42.5 Å². The van der Waals surface area contributed by atoms with E-state index in [9.17, 15) is 14.9 Å². The maximum Gasteiger partial charge on any atom is 0.316 e. The Labute approximate surface area is 138 Å². The van der Waals surface area contributed by atoms with Crippen LogP contribution in [0, 0.1) is 21.4 Å². The van der Waals surface area contributed by atoms with Crippen LogP contribution >= 0.6 is 0 Å². The molecule has 0 amide bonds. The predicted octanol–water partition coefficient (Wildman–Crippen LogP) is 3.22. The zero-order valence-electron chi connectivity index (χ0n) is 13.0. The predicted molar refractivity (Wildman–Crippen MR) is 85.9 cm³/mol. The Morgan fingerprint density at radius 3 is 2.62 bits per heavy atom. The monoisotopic (exact) mass is 325 g/mol. The largest absolute Gasteiger partial charge is 0.465 e. The molecule has 0 saturated carbocycles. The highest BCUT2D eigenvalue weighted by molar-refractivity contribution is 5.79. The van der Waals surface area contributed by atoms with Crippen molar-refractivity contribution in [2.24, 2.45) is 0 Å². The molecule has 24 heavy (non-hydrogen) atoms. The number of hydrogen-bond acceptors (Lipinski definition) is 6. The van der Waals surface area contributed by atoms with Gasteiger partial charge in [0.25, 0.3) is 5.69 Å². The number of carbonyl (C=O) groups is 1. The van der Waals surface area contributed by atoms with Crippen molar-refractivity contribution in [3.8, 4) is 17.3 Å². The van der Waals surface area contributed by atoms with Crippen LogP contribution in [0.1, 0.15) is 25.0 Å². The lowest BCUT2D eigenvalue weighted by Gasteiger charge is -2.13. The third-order valence-corrected chi connectivity index (χ3v) is 3.36. The fraction of sp³-hybridized carbons (Fsp3) is 0.235. The minimum absolute atomic E-state index is 0.113. The van der Waals surface area contributed by atoms with Crippen LogP contribution in [-0.2, 0) is 9.53 Å². The number of ether oxygens (including phenoxy) is 1. The van der Waals surface area contributed by atoms with Gasteiger partial charge in [-0.1, -0.05) is 30.3 Å². The first kappa shape index (κ1) is 17.1. The van der Waals surface area contributed by atoms with Gasteiger partial charge in [0, 0.05) is 11.6 Å². The Morgan fingerprint density at radius 2 is 2.04 bits per heavy atom. The van der Waals surface area contributed by atoms with Gasteiger partial charge >= 0.3 is 5.97 Å². The molecule has 2 rings (SSSR count). The molecule has 7 heteroatoms. The minimum atomic E-state index is -0.877. The van der Waals surface area contributed by atoms with Gasteiger partial charge < -0.3 is 4.74 Å². The van der Waals surface area contributed by atoms with Gasteiger partial charge in [-0.2, -0.15) is 5.26 Å². The molecular weight excluding hydrogens is 310 g/mol. The number of nitriles is 1. The van der Waals surface area contributed by atoms with Crippen LogP contribution in [0.25, 0.3) is 11.3 Å². The van der Waals surface area contributed by atoms with Crippen LogP contribution < -0.4 is 0 Å². The Hall–Kier alpha value is -3.27. The molecule has 0 saturated heterocycles. The van der Waals surface area contributed by atoms with Gasteiger partial charge in [-0.3, -0.25) is 14.9 Å². The zero-order valence-corrected chi connectivity index (χ0v) is 13.0. The Kier molecular flexibility index (Phi) is 5.58. The molecule has 122 valence electrons. The molecule has 0 bridgehead atoms. The fourth-order valence-corrected chi connectivity index (χ4v) is 2.26. The summed E-state index contributed by atoms with van der Waals surface area (Å²) in [6.45, 7) is 1.85. The summed E-state index contributed by atoms with van der Waals surface area (Å²) in [5.74, 6) is -1.45. The van der Waals surface area contributed by atoms with E-state index in [4.69, 9.17) is 10.00 Å². The van der Waals surface area contributed by atoms with Crippen molar-refractivity contribution in [3.05, 3.63) is 58.3 Å². The molecule has 1 unspecified atom stereocenters. The molecule has 0 aliphatic carbocycles. The van der Waals surface area contributed by atoms with Gasteiger partial charge in [0.05, 0.1) is 29.7 Å². The van der Waals surface area contributed by atoms with Gasteiger partial charge in [0.15, 0.2) is 0 Å². The zero-order chi connectivity index (χ0) is 17.5. The van der Waals surface area contributed by atoms with Crippen molar-refractivity contribution in [1.29, 1.82) is 5.26 Å². The number of nitro groups is 1. The standard InChI is InChI=1S/C17H15N3O4/c1-2-24-17(21)13(10-11-18)14-8-9-15(20(22)23)16(19-14)12-6-4-3-5-7-12/h3-9,13H,2,10H2,1H3. The first-order chi connectivity index (χ1) is 11.6. The second-order valence-corrected chi connectivity index (χ2v) is 4.89. The van der Waals surface area contributed by atoms with Crippen LogP contribution in [0.2, 0.25) is 0 Å². The summed E-state index contributed by atoms with van der Waals surface area (Å²) in [7, 11) is 0. The number of carbonyl (C=O) groups excluding carboxylic acids is 1. The van der Waals surface area contributed by atoms with Crippen LogP contribution in [0.4, 0.5) is 5.69 Å². The van der Waals surface area contributed by atoms with Crippen molar-refractivity contribution in [1.82, 2.24) is 4.98 Å². The fourth-order valence-electron chi connectivity index (χ4n) is 2.26. The number of benzene rings is 1. The first-order valence-corrected chi connectivity index (χ1v) is 7.32. The second kappa shape index (κ2) is 7.83. The molecule has 0 spiro atoms. The molecule has 0 N–H and O–H groups in total. The second-order valence-electron chi connectivity index (χ2n) is 4.89. The van der Waals surface area contributed by atoms with E-state index in [0.717, 1.165) is 0 Å². The van der Waals surface area contributed by atoms with Crippen LogP contribution in [0.5, 0.6) is 0 Å². The average molecular weight is 325 g/mol. The molecule has 0 aliphatic heterocycles. The van der Waals surface area contributed by atoms with Gasteiger partial charge in [0.2, 0.25) is 0 Å². The van der Waals surface area contributed by atoms with E-state index in [0.29, 0.717) is 5.56 Å². The Balaban J connectivity index is 2.54. The average Bonchev–Trinajstić information content (AvgIpc) is 2.60. The van der Waals surface area contributed by atoms with Crippen molar-refractivity contribution >= 4 is 11.7 Å².